The van der Waals surface area contributed by atoms with E-state index in [1.54, 1.807) is 12.5 Å². The molecule has 0 radical (unpaired) electrons. The van der Waals surface area contributed by atoms with Crippen LogP contribution in [0.25, 0.3) is 0 Å². The van der Waals surface area contributed by atoms with E-state index in [9.17, 15) is 4.79 Å². The van der Waals surface area contributed by atoms with Crippen molar-refractivity contribution in [2.45, 2.75) is 51.6 Å². The Kier molecular flexibility index (Phi) is 4.23. The number of furan rings is 1. The fraction of sp³-hybridized carbons (Fsp3) is 0.667. The summed E-state index contributed by atoms with van der Waals surface area (Å²) in [5, 5.41) is 0. The van der Waals surface area contributed by atoms with Crippen molar-refractivity contribution in [2.75, 3.05) is 6.61 Å². The smallest absolute Gasteiger partial charge is 0.169 e. The molecule has 1 aromatic rings. The number of ether oxygens (including phenoxy) is 1. The van der Waals surface area contributed by atoms with Crippen LogP contribution in [0.4, 0.5) is 0 Å². The summed E-state index contributed by atoms with van der Waals surface area (Å²) in [6.07, 6.45) is 7.68. The number of Topliss-reactive ketones (excluding diaryl/α,β-unsaturated/α-hetero) is 1. The first-order chi connectivity index (χ1) is 8.66. The van der Waals surface area contributed by atoms with Crippen LogP contribution in [0.2, 0.25) is 0 Å². The van der Waals surface area contributed by atoms with E-state index < -0.39 is 5.60 Å². The molecule has 0 N–H and O–H groups in total. The highest BCUT2D eigenvalue weighted by Crippen LogP contribution is 2.36. The molecular weight excluding hydrogens is 228 g/mol. The van der Waals surface area contributed by atoms with E-state index in [1.165, 1.54) is 6.42 Å². The van der Waals surface area contributed by atoms with Gasteiger partial charge in [-0.1, -0.05) is 13.3 Å². The predicted molar refractivity (Wildman–Crippen MR) is 69.4 cm³/mol. The SMILES string of the molecule is CCOC1(C(=O)Cc2ccoc2)CCCC(C)C1. The van der Waals surface area contributed by atoms with Crippen molar-refractivity contribution < 1.29 is 13.9 Å². The van der Waals surface area contributed by atoms with Crippen LogP contribution in [0.15, 0.2) is 23.0 Å². The third kappa shape index (κ3) is 2.83. The number of carbonyl (C=O) groups excluding carboxylic acids is 1. The highest BCUT2D eigenvalue weighted by molar-refractivity contribution is 5.89. The van der Waals surface area contributed by atoms with E-state index in [0.29, 0.717) is 18.9 Å². The lowest BCUT2D eigenvalue weighted by molar-refractivity contribution is -0.150. The second-order valence-electron chi connectivity index (χ2n) is 5.36. The Bertz CT molecular complexity index is 378. The lowest BCUT2D eigenvalue weighted by atomic mass is 9.75. The average Bonchev–Trinajstić information content (AvgIpc) is 2.82. The molecule has 1 aliphatic carbocycles. The summed E-state index contributed by atoms with van der Waals surface area (Å²) >= 11 is 0. The molecular formula is C15H22O3. The van der Waals surface area contributed by atoms with Gasteiger partial charge in [-0.2, -0.15) is 0 Å². The van der Waals surface area contributed by atoms with Gasteiger partial charge >= 0.3 is 0 Å². The highest BCUT2D eigenvalue weighted by Gasteiger charge is 2.41. The van der Waals surface area contributed by atoms with Gasteiger partial charge in [0.1, 0.15) is 5.60 Å². The van der Waals surface area contributed by atoms with Gasteiger partial charge in [-0.3, -0.25) is 4.79 Å². The standard InChI is InChI=1S/C15H22O3/c1-3-18-15(7-4-5-12(2)10-15)14(16)9-13-6-8-17-11-13/h6,8,11-12H,3-5,7,9-10H2,1-2H3. The first-order valence-electron chi connectivity index (χ1n) is 6.84. The van der Waals surface area contributed by atoms with Crippen LogP contribution < -0.4 is 0 Å². The molecule has 0 amide bonds. The maximum absolute atomic E-state index is 12.6. The molecule has 0 saturated heterocycles. The van der Waals surface area contributed by atoms with Crippen molar-refractivity contribution in [3.63, 3.8) is 0 Å². The topological polar surface area (TPSA) is 39.4 Å². The van der Waals surface area contributed by atoms with Gasteiger partial charge in [0.15, 0.2) is 5.78 Å². The number of rotatable bonds is 5. The van der Waals surface area contributed by atoms with E-state index in [4.69, 9.17) is 9.15 Å². The van der Waals surface area contributed by atoms with E-state index in [2.05, 4.69) is 6.92 Å². The summed E-state index contributed by atoms with van der Waals surface area (Å²) in [4.78, 5) is 12.6. The van der Waals surface area contributed by atoms with E-state index in [-0.39, 0.29) is 5.78 Å². The quantitative estimate of drug-likeness (QED) is 0.804. The first kappa shape index (κ1) is 13.3. The third-order valence-corrected chi connectivity index (χ3v) is 3.83. The Morgan fingerprint density at radius 3 is 3.06 bits per heavy atom. The number of ketones is 1. The summed E-state index contributed by atoms with van der Waals surface area (Å²) in [6, 6.07) is 1.85. The maximum Gasteiger partial charge on any atom is 0.169 e. The number of carbonyl (C=O) groups is 1. The average molecular weight is 250 g/mol. The molecule has 1 saturated carbocycles. The largest absolute Gasteiger partial charge is 0.472 e. The molecule has 18 heavy (non-hydrogen) atoms. The Morgan fingerprint density at radius 1 is 1.61 bits per heavy atom. The molecule has 0 bridgehead atoms. The zero-order valence-electron chi connectivity index (χ0n) is 11.3. The van der Waals surface area contributed by atoms with E-state index >= 15 is 0 Å². The molecule has 1 aromatic heterocycles. The Balaban J connectivity index is 2.10. The summed E-state index contributed by atoms with van der Waals surface area (Å²) in [7, 11) is 0. The summed E-state index contributed by atoms with van der Waals surface area (Å²) in [5.41, 5.74) is 0.390. The van der Waals surface area contributed by atoms with Crippen LogP contribution in [0, 0.1) is 5.92 Å². The third-order valence-electron chi connectivity index (χ3n) is 3.83. The van der Waals surface area contributed by atoms with Gasteiger partial charge < -0.3 is 9.15 Å². The van der Waals surface area contributed by atoms with E-state index in [1.807, 2.05) is 13.0 Å². The Labute approximate surface area is 109 Å². The monoisotopic (exact) mass is 250 g/mol. The molecule has 3 nitrogen and oxygen atoms in total. The van der Waals surface area contributed by atoms with Crippen LogP contribution in [-0.4, -0.2) is 18.0 Å². The van der Waals surface area contributed by atoms with Crippen LogP contribution >= 0.6 is 0 Å². The Hall–Kier alpha value is -1.09. The van der Waals surface area contributed by atoms with Gasteiger partial charge in [0.05, 0.1) is 12.5 Å². The van der Waals surface area contributed by atoms with Crippen LogP contribution in [0.5, 0.6) is 0 Å². The van der Waals surface area contributed by atoms with Gasteiger partial charge in [-0.05, 0) is 43.7 Å². The van der Waals surface area contributed by atoms with Crippen molar-refractivity contribution in [3.05, 3.63) is 24.2 Å². The molecule has 1 heterocycles. The normalized spacial score (nSPS) is 28.2. The zero-order chi connectivity index (χ0) is 13.0. The predicted octanol–water partition coefficient (Wildman–Crippen LogP) is 3.38. The molecule has 2 unspecified atom stereocenters. The minimum absolute atomic E-state index is 0.206. The summed E-state index contributed by atoms with van der Waals surface area (Å²) in [6.45, 7) is 4.77. The lowest BCUT2D eigenvalue weighted by Crippen LogP contribution is -2.46. The van der Waals surface area contributed by atoms with Crippen molar-refractivity contribution in [3.8, 4) is 0 Å². The van der Waals surface area contributed by atoms with E-state index in [0.717, 1.165) is 24.8 Å². The summed E-state index contributed by atoms with van der Waals surface area (Å²) < 4.78 is 10.9. The second kappa shape index (κ2) is 5.70. The van der Waals surface area contributed by atoms with Gasteiger partial charge in [0, 0.05) is 13.0 Å². The van der Waals surface area contributed by atoms with Crippen molar-refractivity contribution in [2.24, 2.45) is 5.92 Å². The van der Waals surface area contributed by atoms with Crippen molar-refractivity contribution in [1.29, 1.82) is 0 Å². The molecule has 2 atom stereocenters. The fourth-order valence-corrected chi connectivity index (χ4v) is 2.98. The molecule has 1 aliphatic rings. The highest BCUT2D eigenvalue weighted by atomic mass is 16.5. The lowest BCUT2D eigenvalue weighted by Gasteiger charge is -2.38. The zero-order valence-corrected chi connectivity index (χ0v) is 11.3. The summed E-state index contributed by atoms with van der Waals surface area (Å²) in [5.74, 6) is 0.774. The fourth-order valence-electron chi connectivity index (χ4n) is 2.98. The molecule has 3 heteroatoms. The van der Waals surface area contributed by atoms with Gasteiger partial charge in [-0.25, -0.2) is 0 Å². The van der Waals surface area contributed by atoms with Gasteiger partial charge in [0.25, 0.3) is 0 Å². The van der Waals surface area contributed by atoms with Crippen LogP contribution in [-0.2, 0) is 16.0 Å². The van der Waals surface area contributed by atoms with Crippen LogP contribution in [0.1, 0.15) is 45.1 Å². The van der Waals surface area contributed by atoms with Crippen LogP contribution in [0.3, 0.4) is 0 Å². The van der Waals surface area contributed by atoms with Crippen molar-refractivity contribution >= 4 is 5.78 Å². The number of hydrogen-bond donors (Lipinski definition) is 0. The van der Waals surface area contributed by atoms with Crippen molar-refractivity contribution in [1.82, 2.24) is 0 Å². The van der Waals surface area contributed by atoms with Gasteiger partial charge in [0.2, 0.25) is 0 Å². The second-order valence-corrected chi connectivity index (χ2v) is 5.36. The van der Waals surface area contributed by atoms with Gasteiger partial charge in [-0.15, -0.1) is 0 Å². The maximum atomic E-state index is 12.6. The molecule has 2 rings (SSSR count). The molecule has 0 aromatic carbocycles. The molecule has 1 fully saturated rings. The minimum atomic E-state index is -0.552. The molecule has 0 aliphatic heterocycles. The molecule has 0 spiro atoms. The Morgan fingerprint density at radius 2 is 2.44 bits per heavy atom. The minimum Gasteiger partial charge on any atom is -0.472 e. The molecule has 100 valence electrons. The number of hydrogen-bond acceptors (Lipinski definition) is 3. The first-order valence-corrected chi connectivity index (χ1v) is 6.84.